The second-order valence-electron chi connectivity index (χ2n) is 8.87. The van der Waals surface area contributed by atoms with Crippen molar-refractivity contribution >= 4 is 22.8 Å². The third-order valence-electron chi connectivity index (χ3n) is 6.33. The molecule has 39 heavy (non-hydrogen) atoms. The molecule has 0 amide bonds. The molecule has 0 spiro atoms. The van der Waals surface area contributed by atoms with Gasteiger partial charge in [0.1, 0.15) is 22.9 Å². The second-order valence-corrected chi connectivity index (χ2v) is 8.87. The third-order valence-corrected chi connectivity index (χ3v) is 6.33. The van der Waals surface area contributed by atoms with Crippen LogP contribution in [0, 0.1) is 0 Å². The monoisotopic (exact) mass is 533 g/mol. The first kappa shape index (κ1) is 25.8. The topological polar surface area (TPSA) is 126 Å². The molecule has 0 unspecified atom stereocenters. The van der Waals surface area contributed by atoms with Crippen LogP contribution in [0.3, 0.4) is 0 Å². The van der Waals surface area contributed by atoms with E-state index in [-0.39, 0.29) is 24.8 Å². The number of carbonyl (C=O) groups is 2. The first-order valence-electron chi connectivity index (χ1n) is 12.3. The molecule has 2 heterocycles. The lowest BCUT2D eigenvalue weighted by atomic mass is 10.0. The summed E-state index contributed by atoms with van der Waals surface area (Å²) in [6.45, 7) is 2.16. The lowest BCUT2D eigenvalue weighted by Gasteiger charge is -2.15. The highest BCUT2D eigenvalue weighted by molar-refractivity contribution is 6.08. The Kier molecular flexibility index (Phi) is 7.18. The van der Waals surface area contributed by atoms with Crippen molar-refractivity contribution in [1.29, 1.82) is 0 Å². The Balaban J connectivity index is 1.70. The van der Waals surface area contributed by atoms with Crippen molar-refractivity contribution in [3.05, 3.63) is 65.9 Å². The summed E-state index contributed by atoms with van der Waals surface area (Å²) in [7, 11) is 1.49. The summed E-state index contributed by atoms with van der Waals surface area (Å²) in [6, 6.07) is 15.8. The number of ether oxygens (including phenoxy) is 5. The van der Waals surface area contributed by atoms with E-state index < -0.39 is 18.5 Å². The molecule has 3 aromatic carbocycles. The molecule has 1 aromatic heterocycles. The van der Waals surface area contributed by atoms with E-state index in [9.17, 15) is 14.7 Å². The quantitative estimate of drug-likeness (QED) is 0.273. The Bertz CT molecular complexity index is 1560. The van der Waals surface area contributed by atoms with E-state index in [1.165, 1.54) is 7.11 Å². The van der Waals surface area contributed by atoms with Crippen LogP contribution in [0.1, 0.15) is 29.4 Å². The number of benzene rings is 3. The number of aromatic carboxylic acids is 1. The first-order valence-corrected chi connectivity index (χ1v) is 12.3. The van der Waals surface area contributed by atoms with E-state index in [2.05, 4.69) is 0 Å². The van der Waals surface area contributed by atoms with Crippen molar-refractivity contribution < 1.29 is 43.5 Å². The summed E-state index contributed by atoms with van der Waals surface area (Å²) in [5, 5.41) is 20.3. The Morgan fingerprint density at radius 3 is 2.49 bits per heavy atom. The SMILES string of the molecule is CCCOc1ccc2c(c1)c(-c1ccc3c(c1)OCO3)c(C(=O)O)n2Cc1ccc(OC)cc1OCC(=O)O. The fraction of sp³-hybridized carbons (Fsp3) is 0.241. The Morgan fingerprint density at radius 2 is 1.74 bits per heavy atom. The molecule has 0 radical (unpaired) electrons. The average Bonchev–Trinajstić information content (AvgIpc) is 3.53. The molecule has 2 N–H and O–H groups in total. The molecular weight excluding hydrogens is 506 g/mol. The van der Waals surface area contributed by atoms with Crippen molar-refractivity contribution in [2.75, 3.05) is 27.1 Å². The van der Waals surface area contributed by atoms with E-state index in [1.54, 1.807) is 47.0 Å². The predicted molar refractivity (Wildman–Crippen MR) is 141 cm³/mol. The number of hydrogen-bond donors (Lipinski definition) is 2. The van der Waals surface area contributed by atoms with Gasteiger partial charge in [-0.2, -0.15) is 0 Å². The third kappa shape index (κ3) is 5.13. The van der Waals surface area contributed by atoms with Crippen LogP contribution in [0.2, 0.25) is 0 Å². The molecule has 10 nitrogen and oxygen atoms in total. The molecule has 202 valence electrons. The molecule has 1 aliphatic heterocycles. The molecule has 0 fully saturated rings. The number of carboxylic acid groups (broad SMARTS) is 2. The van der Waals surface area contributed by atoms with Gasteiger partial charge in [-0.3, -0.25) is 0 Å². The lowest BCUT2D eigenvalue weighted by Crippen LogP contribution is -2.14. The molecule has 4 aromatic rings. The minimum atomic E-state index is -1.13. The minimum Gasteiger partial charge on any atom is -0.497 e. The van der Waals surface area contributed by atoms with Crippen LogP contribution in [0.5, 0.6) is 28.7 Å². The van der Waals surface area contributed by atoms with Gasteiger partial charge >= 0.3 is 11.9 Å². The Morgan fingerprint density at radius 1 is 0.949 bits per heavy atom. The largest absolute Gasteiger partial charge is 0.497 e. The number of fused-ring (bicyclic) bond motifs is 2. The highest BCUT2D eigenvalue weighted by Crippen LogP contribution is 2.42. The highest BCUT2D eigenvalue weighted by Gasteiger charge is 2.26. The fourth-order valence-corrected chi connectivity index (χ4v) is 4.61. The van der Waals surface area contributed by atoms with Crippen LogP contribution in [-0.4, -0.2) is 53.8 Å². The van der Waals surface area contributed by atoms with Gasteiger partial charge in [-0.1, -0.05) is 13.0 Å². The molecule has 0 atom stereocenters. The molecule has 5 rings (SSSR count). The van der Waals surface area contributed by atoms with Crippen molar-refractivity contribution in [3.63, 3.8) is 0 Å². The Hall–Kier alpha value is -4.86. The van der Waals surface area contributed by atoms with Crippen LogP contribution in [0.4, 0.5) is 0 Å². The molecule has 0 saturated heterocycles. The molecule has 0 aliphatic carbocycles. The van der Waals surface area contributed by atoms with Crippen LogP contribution in [-0.2, 0) is 11.3 Å². The minimum absolute atomic E-state index is 0.0523. The lowest BCUT2D eigenvalue weighted by molar-refractivity contribution is -0.139. The smallest absolute Gasteiger partial charge is 0.353 e. The zero-order valence-electron chi connectivity index (χ0n) is 21.4. The van der Waals surface area contributed by atoms with Gasteiger partial charge in [-0.15, -0.1) is 0 Å². The van der Waals surface area contributed by atoms with Crippen LogP contribution >= 0.6 is 0 Å². The summed E-state index contributed by atoms with van der Waals surface area (Å²) in [5.41, 5.74) is 2.44. The van der Waals surface area contributed by atoms with Crippen molar-refractivity contribution in [2.24, 2.45) is 0 Å². The van der Waals surface area contributed by atoms with Gasteiger partial charge < -0.3 is 38.5 Å². The maximum absolute atomic E-state index is 12.8. The number of aliphatic carboxylic acids is 1. The molecule has 0 saturated carbocycles. The number of hydrogen-bond acceptors (Lipinski definition) is 7. The van der Waals surface area contributed by atoms with E-state index in [0.717, 1.165) is 6.42 Å². The van der Waals surface area contributed by atoms with Crippen LogP contribution < -0.4 is 23.7 Å². The van der Waals surface area contributed by atoms with Gasteiger partial charge in [-0.25, -0.2) is 9.59 Å². The zero-order valence-corrected chi connectivity index (χ0v) is 21.4. The van der Waals surface area contributed by atoms with Gasteiger partial charge in [-0.05, 0) is 54.4 Å². The van der Waals surface area contributed by atoms with Crippen molar-refractivity contribution in [1.82, 2.24) is 4.57 Å². The highest BCUT2D eigenvalue weighted by atomic mass is 16.7. The number of carboxylic acids is 2. The van der Waals surface area contributed by atoms with E-state index in [4.69, 9.17) is 28.8 Å². The average molecular weight is 534 g/mol. The number of rotatable bonds is 11. The summed E-state index contributed by atoms with van der Waals surface area (Å²) in [4.78, 5) is 24.0. The summed E-state index contributed by atoms with van der Waals surface area (Å²) in [5.74, 6) is 0.237. The number of nitrogens with zero attached hydrogens (tertiary/aromatic N) is 1. The Labute approximate surface area is 223 Å². The van der Waals surface area contributed by atoms with E-state index >= 15 is 0 Å². The van der Waals surface area contributed by atoms with Crippen LogP contribution in [0.15, 0.2) is 54.6 Å². The fourth-order valence-electron chi connectivity index (χ4n) is 4.61. The van der Waals surface area contributed by atoms with E-state index in [1.807, 2.05) is 19.1 Å². The predicted octanol–water partition coefficient (Wildman–Crippen LogP) is 5.04. The van der Waals surface area contributed by atoms with Crippen molar-refractivity contribution in [2.45, 2.75) is 19.9 Å². The standard InChI is InChI=1S/C29H27NO9/c1-3-10-36-20-7-8-22-21(12-20)27(17-5-9-23-25(11-17)39-16-38-23)28(29(33)34)30(22)14-18-4-6-19(35-2)13-24(18)37-15-26(31)32/h4-9,11-13H,3,10,14-16H2,1-2H3,(H,31,32)(H,33,34). The van der Waals surface area contributed by atoms with Gasteiger partial charge in [0, 0.05) is 28.1 Å². The van der Waals surface area contributed by atoms with Gasteiger partial charge in [0.25, 0.3) is 0 Å². The number of aromatic nitrogens is 1. The van der Waals surface area contributed by atoms with Gasteiger partial charge in [0.05, 0.1) is 20.3 Å². The number of methoxy groups -OCH3 is 1. The maximum Gasteiger partial charge on any atom is 0.353 e. The molecule has 0 bridgehead atoms. The summed E-state index contributed by atoms with van der Waals surface area (Å²) in [6.07, 6.45) is 0.824. The van der Waals surface area contributed by atoms with Crippen LogP contribution in [0.25, 0.3) is 22.0 Å². The molecule has 1 aliphatic rings. The van der Waals surface area contributed by atoms with Crippen molar-refractivity contribution in [3.8, 4) is 39.9 Å². The summed E-state index contributed by atoms with van der Waals surface area (Å²) < 4.78 is 29.4. The molecule has 10 heteroatoms. The first-order chi connectivity index (χ1) is 18.9. The molecular formula is C29H27NO9. The van der Waals surface area contributed by atoms with Gasteiger partial charge in [0.2, 0.25) is 6.79 Å². The van der Waals surface area contributed by atoms with Gasteiger partial charge in [0.15, 0.2) is 18.1 Å². The summed E-state index contributed by atoms with van der Waals surface area (Å²) >= 11 is 0. The normalized spacial score (nSPS) is 11.9. The zero-order chi connectivity index (χ0) is 27.5. The second kappa shape index (κ2) is 10.9. The van der Waals surface area contributed by atoms with E-state index in [0.29, 0.717) is 57.2 Å². The maximum atomic E-state index is 12.8.